The maximum absolute atomic E-state index is 11.3. The first-order valence-electron chi connectivity index (χ1n) is 5.73. The molecular formula is C13H16N2O2. The lowest BCUT2D eigenvalue weighted by Gasteiger charge is -2.31. The number of ketones is 1. The molecule has 1 amide bonds. The minimum Gasteiger partial charge on any atom is -0.382 e. The summed E-state index contributed by atoms with van der Waals surface area (Å²) in [5.74, 6) is 0.0382. The summed E-state index contributed by atoms with van der Waals surface area (Å²) in [6, 6.07) is 5.87. The number of hydrogen-bond acceptors (Lipinski definition) is 3. The van der Waals surface area contributed by atoms with Gasteiger partial charge < -0.3 is 10.6 Å². The van der Waals surface area contributed by atoms with Crippen LogP contribution in [0.2, 0.25) is 0 Å². The summed E-state index contributed by atoms with van der Waals surface area (Å²) >= 11 is 0. The number of nitrogens with one attached hydrogen (secondary N) is 2. The monoisotopic (exact) mass is 232 g/mol. The average molecular weight is 232 g/mol. The summed E-state index contributed by atoms with van der Waals surface area (Å²) in [6.45, 7) is 3.62. The first-order chi connectivity index (χ1) is 8.11. The molecule has 17 heavy (non-hydrogen) atoms. The lowest BCUT2D eigenvalue weighted by atomic mass is 9.92. The highest BCUT2D eigenvalue weighted by Gasteiger charge is 2.24. The van der Waals surface area contributed by atoms with Crippen LogP contribution in [0.25, 0.3) is 0 Å². The van der Waals surface area contributed by atoms with E-state index in [1.807, 2.05) is 18.2 Å². The van der Waals surface area contributed by atoms with Gasteiger partial charge in [-0.2, -0.15) is 0 Å². The molecule has 2 rings (SSSR count). The molecule has 4 heteroatoms. The van der Waals surface area contributed by atoms with Crippen molar-refractivity contribution in [1.29, 1.82) is 0 Å². The Bertz CT molecular complexity index is 457. The maximum atomic E-state index is 11.3. The summed E-state index contributed by atoms with van der Waals surface area (Å²) in [7, 11) is 0. The molecule has 1 aromatic rings. The van der Waals surface area contributed by atoms with Gasteiger partial charge in [0, 0.05) is 17.3 Å². The minimum atomic E-state index is -0.0157. The van der Waals surface area contributed by atoms with Gasteiger partial charge in [-0.1, -0.05) is 0 Å². The van der Waals surface area contributed by atoms with Crippen LogP contribution in [0.3, 0.4) is 0 Å². The Labute approximate surface area is 100 Å². The molecule has 2 N–H and O–H groups in total. The number of fused-ring (bicyclic) bond motifs is 1. The molecule has 1 aromatic carbocycles. The van der Waals surface area contributed by atoms with Crippen LogP contribution in [0.1, 0.15) is 42.2 Å². The zero-order chi connectivity index (χ0) is 12.4. The molecule has 0 fully saturated rings. The highest BCUT2D eigenvalue weighted by atomic mass is 16.1. The molecule has 0 radical (unpaired) electrons. The Hall–Kier alpha value is -1.84. The van der Waals surface area contributed by atoms with E-state index < -0.39 is 0 Å². The number of benzene rings is 1. The van der Waals surface area contributed by atoms with Crippen molar-refractivity contribution in [2.24, 2.45) is 0 Å². The summed E-state index contributed by atoms with van der Waals surface area (Å²) in [5.41, 5.74) is 2.66. The second-order valence-electron chi connectivity index (χ2n) is 4.48. The van der Waals surface area contributed by atoms with Crippen molar-refractivity contribution in [2.45, 2.75) is 32.4 Å². The van der Waals surface area contributed by atoms with Crippen molar-refractivity contribution in [3.05, 3.63) is 29.3 Å². The molecule has 0 saturated carbocycles. The Balaban J connectivity index is 2.41. The van der Waals surface area contributed by atoms with E-state index in [9.17, 15) is 9.59 Å². The van der Waals surface area contributed by atoms with E-state index >= 15 is 0 Å². The quantitative estimate of drug-likeness (QED) is 0.618. The topological polar surface area (TPSA) is 58.2 Å². The minimum absolute atomic E-state index is 0.0157. The van der Waals surface area contributed by atoms with Gasteiger partial charge in [0.15, 0.2) is 5.78 Å². The number of rotatable bonds is 3. The van der Waals surface area contributed by atoms with Crippen LogP contribution in [0.5, 0.6) is 0 Å². The Morgan fingerprint density at radius 2 is 2.29 bits per heavy atom. The molecule has 1 aliphatic rings. The van der Waals surface area contributed by atoms with Crippen LogP contribution < -0.4 is 10.6 Å². The van der Waals surface area contributed by atoms with Crippen molar-refractivity contribution >= 4 is 17.9 Å². The SMILES string of the molecule is CC(=O)c1ccc2c(c1)[C@@H](NC=O)C[C@@H](C)N2. The number of carbonyl (C=O) groups is 2. The fraction of sp³-hybridized carbons (Fsp3) is 0.385. The predicted octanol–water partition coefficient (Wildman–Crippen LogP) is 1.88. The van der Waals surface area contributed by atoms with Gasteiger partial charge in [0.25, 0.3) is 0 Å². The lowest BCUT2D eigenvalue weighted by molar-refractivity contribution is -0.110. The van der Waals surface area contributed by atoms with Gasteiger partial charge in [-0.15, -0.1) is 0 Å². The fourth-order valence-electron chi connectivity index (χ4n) is 2.25. The van der Waals surface area contributed by atoms with Crippen LogP contribution in [0.15, 0.2) is 18.2 Å². The third-order valence-electron chi connectivity index (χ3n) is 3.09. The molecule has 0 saturated heterocycles. The third kappa shape index (κ3) is 2.30. The molecule has 0 aliphatic carbocycles. The van der Waals surface area contributed by atoms with Crippen molar-refractivity contribution in [1.82, 2.24) is 5.32 Å². The average Bonchev–Trinajstić information content (AvgIpc) is 2.28. The molecule has 1 aliphatic heterocycles. The highest BCUT2D eigenvalue weighted by Crippen LogP contribution is 2.33. The summed E-state index contributed by atoms with van der Waals surface area (Å²) in [4.78, 5) is 22.0. The zero-order valence-corrected chi connectivity index (χ0v) is 9.99. The Morgan fingerprint density at radius 1 is 1.53 bits per heavy atom. The fourth-order valence-corrected chi connectivity index (χ4v) is 2.25. The van der Waals surface area contributed by atoms with Crippen LogP contribution >= 0.6 is 0 Å². The van der Waals surface area contributed by atoms with Gasteiger partial charge >= 0.3 is 0 Å². The van der Waals surface area contributed by atoms with E-state index in [-0.39, 0.29) is 11.8 Å². The van der Waals surface area contributed by atoms with Crippen LogP contribution in [0.4, 0.5) is 5.69 Å². The van der Waals surface area contributed by atoms with Gasteiger partial charge in [-0.05, 0) is 44.0 Å². The molecule has 1 heterocycles. The molecule has 90 valence electrons. The van der Waals surface area contributed by atoms with E-state index in [2.05, 4.69) is 17.6 Å². The Kier molecular flexibility index (Phi) is 3.13. The van der Waals surface area contributed by atoms with E-state index in [1.165, 1.54) is 0 Å². The number of amides is 1. The molecule has 4 nitrogen and oxygen atoms in total. The van der Waals surface area contributed by atoms with E-state index in [0.717, 1.165) is 17.7 Å². The van der Waals surface area contributed by atoms with Gasteiger partial charge in [0.2, 0.25) is 6.41 Å². The van der Waals surface area contributed by atoms with Crippen LogP contribution in [0, 0.1) is 0 Å². The highest BCUT2D eigenvalue weighted by molar-refractivity contribution is 5.94. The van der Waals surface area contributed by atoms with Crippen LogP contribution in [-0.4, -0.2) is 18.2 Å². The molecule has 2 atom stereocenters. The smallest absolute Gasteiger partial charge is 0.207 e. The second-order valence-corrected chi connectivity index (χ2v) is 4.48. The van der Waals surface area contributed by atoms with Gasteiger partial charge in [0.1, 0.15) is 0 Å². The summed E-state index contributed by atoms with van der Waals surface area (Å²) < 4.78 is 0. The number of anilines is 1. The zero-order valence-electron chi connectivity index (χ0n) is 9.99. The van der Waals surface area contributed by atoms with Gasteiger partial charge in [-0.3, -0.25) is 9.59 Å². The van der Waals surface area contributed by atoms with Crippen molar-refractivity contribution in [3.8, 4) is 0 Å². The van der Waals surface area contributed by atoms with E-state index in [1.54, 1.807) is 6.92 Å². The molecule has 0 spiro atoms. The number of carbonyl (C=O) groups excluding carboxylic acids is 2. The molecule has 0 unspecified atom stereocenters. The maximum Gasteiger partial charge on any atom is 0.207 e. The molecular weight excluding hydrogens is 216 g/mol. The first kappa shape index (κ1) is 11.6. The Morgan fingerprint density at radius 3 is 2.94 bits per heavy atom. The number of Topliss-reactive ketones (excluding diaryl/α,β-unsaturated/α-hetero) is 1. The molecule has 0 aromatic heterocycles. The largest absolute Gasteiger partial charge is 0.382 e. The lowest BCUT2D eigenvalue weighted by Crippen LogP contribution is -2.32. The predicted molar refractivity (Wildman–Crippen MR) is 66.1 cm³/mol. The second kappa shape index (κ2) is 4.57. The van der Waals surface area contributed by atoms with Crippen molar-refractivity contribution in [2.75, 3.05) is 5.32 Å². The summed E-state index contributed by atoms with van der Waals surface area (Å²) in [6.07, 6.45) is 1.54. The van der Waals surface area contributed by atoms with Crippen molar-refractivity contribution < 1.29 is 9.59 Å². The third-order valence-corrected chi connectivity index (χ3v) is 3.09. The molecule has 0 bridgehead atoms. The van der Waals surface area contributed by atoms with E-state index in [0.29, 0.717) is 18.0 Å². The van der Waals surface area contributed by atoms with Crippen LogP contribution in [-0.2, 0) is 4.79 Å². The normalized spacial score (nSPS) is 22.2. The first-order valence-corrected chi connectivity index (χ1v) is 5.73. The van der Waals surface area contributed by atoms with E-state index in [4.69, 9.17) is 0 Å². The van der Waals surface area contributed by atoms with Gasteiger partial charge in [-0.25, -0.2) is 0 Å². The van der Waals surface area contributed by atoms with Gasteiger partial charge in [0.05, 0.1) is 6.04 Å². The standard InChI is InChI=1S/C13H16N2O2/c1-8-5-13(14-7-16)11-6-10(9(2)17)3-4-12(11)15-8/h3-4,6-8,13,15H,5H2,1-2H3,(H,14,16)/t8-,13+/m1/s1. The number of hydrogen-bond donors (Lipinski definition) is 2. The van der Waals surface area contributed by atoms with Crippen molar-refractivity contribution in [3.63, 3.8) is 0 Å². The summed E-state index contributed by atoms with van der Waals surface area (Å²) in [5, 5.41) is 6.15.